The molecular weight excluding hydrogens is 367 g/mol. The topological polar surface area (TPSA) is 79.0 Å². The fraction of sp³-hybridized carbons (Fsp3) is 0.250. The quantitative estimate of drug-likeness (QED) is 0.705. The summed E-state index contributed by atoms with van der Waals surface area (Å²) in [4.78, 5) is 15.1. The van der Waals surface area contributed by atoms with E-state index in [1.165, 1.54) is 19.1 Å². The molecule has 0 aliphatic carbocycles. The van der Waals surface area contributed by atoms with Gasteiger partial charge >= 0.3 is 0 Å². The van der Waals surface area contributed by atoms with Gasteiger partial charge in [0.05, 0.1) is 4.90 Å². The number of aromatic nitrogens is 1. The first-order valence-corrected chi connectivity index (χ1v) is 10.0. The van der Waals surface area contributed by atoms with Gasteiger partial charge in [-0.2, -0.15) is 0 Å². The maximum Gasteiger partial charge on any atom is 0.251 e. The minimum atomic E-state index is -3.77. The van der Waals surface area contributed by atoms with Crippen LogP contribution in [0.2, 0.25) is 0 Å². The van der Waals surface area contributed by atoms with Crippen molar-refractivity contribution in [3.8, 4) is 0 Å². The molecule has 2 N–H and O–H groups in total. The summed E-state index contributed by atoms with van der Waals surface area (Å²) in [5.74, 6) is -0.486. The molecular formula is C20H21FN2O3S. The van der Waals surface area contributed by atoms with Crippen LogP contribution in [0.1, 0.15) is 22.3 Å². The van der Waals surface area contributed by atoms with E-state index in [0.29, 0.717) is 11.1 Å². The van der Waals surface area contributed by atoms with Crippen LogP contribution in [0.5, 0.6) is 0 Å². The van der Waals surface area contributed by atoms with Crippen molar-refractivity contribution >= 4 is 20.9 Å². The lowest BCUT2D eigenvalue weighted by atomic mass is 10.0. The summed E-state index contributed by atoms with van der Waals surface area (Å²) in [5, 5.41) is 0.907. The Kier molecular flexibility index (Phi) is 5.17. The first-order chi connectivity index (χ1) is 12.7. The Balaban J connectivity index is 1.79. The largest absolute Gasteiger partial charge is 0.322 e. The van der Waals surface area contributed by atoms with Crippen molar-refractivity contribution in [2.24, 2.45) is 0 Å². The van der Waals surface area contributed by atoms with Crippen molar-refractivity contribution in [2.45, 2.75) is 32.1 Å². The highest BCUT2D eigenvalue weighted by Crippen LogP contribution is 2.18. The van der Waals surface area contributed by atoms with Crippen molar-refractivity contribution in [2.75, 3.05) is 6.54 Å². The molecule has 7 heteroatoms. The van der Waals surface area contributed by atoms with Gasteiger partial charge in [-0.05, 0) is 85.7 Å². The molecule has 0 atom stereocenters. The second-order valence-corrected chi connectivity index (χ2v) is 8.44. The van der Waals surface area contributed by atoms with Crippen LogP contribution >= 0.6 is 0 Å². The van der Waals surface area contributed by atoms with Crippen LogP contribution in [0.4, 0.5) is 4.39 Å². The van der Waals surface area contributed by atoms with Gasteiger partial charge in [0.25, 0.3) is 5.56 Å². The first-order valence-electron chi connectivity index (χ1n) is 8.56. The molecule has 0 unspecified atom stereocenters. The number of sulfonamides is 1. The number of nitrogens with one attached hydrogen (secondary N) is 2. The van der Waals surface area contributed by atoms with Gasteiger partial charge in [0, 0.05) is 17.6 Å². The molecule has 0 aliphatic rings. The number of fused-ring (bicyclic) bond motifs is 1. The molecule has 0 spiro atoms. The predicted molar refractivity (Wildman–Crippen MR) is 104 cm³/mol. The Labute approximate surface area is 157 Å². The van der Waals surface area contributed by atoms with Gasteiger partial charge in [0.15, 0.2) is 0 Å². The Morgan fingerprint density at radius 1 is 1.00 bits per heavy atom. The lowest BCUT2D eigenvalue weighted by Gasteiger charge is -2.10. The number of hydrogen-bond acceptors (Lipinski definition) is 3. The van der Waals surface area contributed by atoms with Crippen LogP contribution < -0.4 is 10.3 Å². The summed E-state index contributed by atoms with van der Waals surface area (Å²) in [7, 11) is -3.77. The first kappa shape index (κ1) is 19.3. The Morgan fingerprint density at radius 2 is 1.70 bits per heavy atom. The van der Waals surface area contributed by atoms with Crippen molar-refractivity contribution < 1.29 is 12.8 Å². The van der Waals surface area contributed by atoms with Crippen LogP contribution in [0.15, 0.2) is 46.1 Å². The average Bonchev–Trinajstić information content (AvgIpc) is 2.56. The molecule has 0 amide bonds. The minimum Gasteiger partial charge on any atom is -0.322 e. The molecule has 0 saturated heterocycles. The number of aromatic amines is 1. The smallest absolute Gasteiger partial charge is 0.251 e. The summed E-state index contributed by atoms with van der Waals surface area (Å²) in [5.41, 5.74) is 3.57. The van der Waals surface area contributed by atoms with Gasteiger partial charge < -0.3 is 4.98 Å². The van der Waals surface area contributed by atoms with E-state index in [-0.39, 0.29) is 23.4 Å². The highest BCUT2D eigenvalue weighted by molar-refractivity contribution is 7.89. The number of pyridine rings is 1. The van der Waals surface area contributed by atoms with Gasteiger partial charge in [-0.3, -0.25) is 4.79 Å². The Morgan fingerprint density at radius 3 is 2.41 bits per heavy atom. The molecule has 0 fully saturated rings. The maximum atomic E-state index is 13.2. The second-order valence-electron chi connectivity index (χ2n) is 6.71. The standard InChI is InChI=1S/C20H21FN2O3S/c1-12-8-16-11-15(20(24)23-18(16)10-13(12)2)6-7-22-27(25,26)19-5-4-17(21)9-14(19)3/h4-5,8-11,22H,6-7H2,1-3H3,(H,23,24). The molecule has 27 heavy (non-hydrogen) atoms. The Bertz CT molecular complexity index is 1180. The molecule has 1 heterocycles. The van der Waals surface area contributed by atoms with Crippen molar-refractivity contribution in [1.29, 1.82) is 0 Å². The number of benzene rings is 2. The highest BCUT2D eigenvalue weighted by atomic mass is 32.2. The normalized spacial score (nSPS) is 11.9. The van der Waals surface area contributed by atoms with E-state index >= 15 is 0 Å². The third-order valence-electron chi connectivity index (χ3n) is 4.65. The molecule has 1 aromatic heterocycles. The average molecular weight is 388 g/mol. The molecule has 0 saturated carbocycles. The fourth-order valence-corrected chi connectivity index (χ4v) is 4.28. The van der Waals surface area contributed by atoms with E-state index in [0.717, 1.165) is 28.1 Å². The van der Waals surface area contributed by atoms with Crippen LogP contribution in [-0.2, 0) is 16.4 Å². The zero-order chi connectivity index (χ0) is 19.8. The molecule has 3 aromatic rings. The number of rotatable bonds is 5. The van der Waals surface area contributed by atoms with Crippen LogP contribution in [0, 0.1) is 26.6 Å². The van der Waals surface area contributed by atoms with Gasteiger partial charge in [0.2, 0.25) is 10.0 Å². The predicted octanol–water partition coefficient (Wildman–Crippen LogP) is 3.11. The molecule has 0 radical (unpaired) electrons. The number of halogens is 1. The molecule has 3 rings (SSSR count). The van der Waals surface area contributed by atoms with Crippen molar-refractivity contribution in [3.63, 3.8) is 0 Å². The van der Waals surface area contributed by atoms with Crippen molar-refractivity contribution in [3.05, 3.63) is 74.8 Å². The van der Waals surface area contributed by atoms with E-state index in [9.17, 15) is 17.6 Å². The molecule has 5 nitrogen and oxygen atoms in total. The van der Waals surface area contributed by atoms with Crippen LogP contribution in [0.25, 0.3) is 10.9 Å². The van der Waals surface area contributed by atoms with Gasteiger partial charge in [-0.15, -0.1) is 0 Å². The lowest BCUT2D eigenvalue weighted by molar-refractivity contribution is 0.579. The van der Waals surface area contributed by atoms with Gasteiger partial charge in [0.1, 0.15) is 5.82 Å². The van der Waals surface area contributed by atoms with E-state index in [2.05, 4.69) is 9.71 Å². The molecule has 0 aliphatic heterocycles. The fourth-order valence-electron chi connectivity index (χ4n) is 3.02. The van der Waals surface area contributed by atoms with E-state index in [4.69, 9.17) is 0 Å². The number of hydrogen-bond donors (Lipinski definition) is 2. The second kappa shape index (κ2) is 7.25. The number of aryl methyl sites for hydroxylation is 3. The minimum absolute atomic E-state index is 0.0300. The maximum absolute atomic E-state index is 13.2. The molecule has 2 aromatic carbocycles. The molecule has 142 valence electrons. The third kappa shape index (κ3) is 4.09. The lowest BCUT2D eigenvalue weighted by Crippen LogP contribution is -2.28. The highest BCUT2D eigenvalue weighted by Gasteiger charge is 2.17. The monoisotopic (exact) mass is 388 g/mol. The molecule has 0 bridgehead atoms. The third-order valence-corrected chi connectivity index (χ3v) is 6.27. The van der Waals surface area contributed by atoms with E-state index in [1.54, 1.807) is 6.07 Å². The van der Waals surface area contributed by atoms with Crippen LogP contribution in [0.3, 0.4) is 0 Å². The van der Waals surface area contributed by atoms with Crippen LogP contribution in [-0.4, -0.2) is 19.9 Å². The Hall–Kier alpha value is -2.51. The zero-order valence-electron chi connectivity index (χ0n) is 15.4. The van der Waals surface area contributed by atoms with Gasteiger partial charge in [-0.25, -0.2) is 17.5 Å². The summed E-state index contributed by atoms with van der Waals surface area (Å²) >= 11 is 0. The zero-order valence-corrected chi connectivity index (χ0v) is 16.2. The summed E-state index contributed by atoms with van der Waals surface area (Å²) in [6, 6.07) is 9.23. The SMILES string of the molecule is Cc1cc2cc(CCNS(=O)(=O)c3ccc(F)cc3C)c(=O)[nH]c2cc1C. The summed E-state index contributed by atoms with van der Waals surface area (Å²) in [6.45, 7) is 5.58. The van der Waals surface area contributed by atoms with E-state index < -0.39 is 15.8 Å². The number of H-pyrrole nitrogens is 1. The van der Waals surface area contributed by atoms with E-state index in [1.807, 2.05) is 26.0 Å². The summed E-state index contributed by atoms with van der Waals surface area (Å²) < 4.78 is 40.5. The van der Waals surface area contributed by atoms with Gasteiger partial charge in [-0.1, -0.05) is 0 Å². The summed E-state index contributed by atoms with van der Waals surface area (Å²) in [6.07, 6.45) is 0.248. The van der Waals surface area contributed by atoms with Crippen molar-refractivity contribution in [1.82, 2.24) is 9.71 Å².